The Hall–Kier alpha value is -4.24. The Balaban J connectivity index is 1.40. The average molecular weight is 565 g/mol. The lowest BCUT2D eigenvalue weighted by Gasteiger charge is -2.37. The van der Waals surface area contributed by atoms with Crippen LogP contribution in [0, 0.1) is 0 Å². The second-order valence-electron chi connectivity index (χ2n) is 9.10. The molecule has 2 amide bonds. The molecule has 0 fully saturated rings. The number of thiophene rings is 1. The summed E-state index contributed by atoms with van der Waals surface area (Å²) in [6.07, 6.45) is -3.83. The first kappa shape index (κ1) is 28.8. The van der Waals surface area contributed by atoms with Crippen LogP contribution in [-0.2, 0) is 10.3 Å². The lowest BCUT2D eigenvalue weighted by Crippen LogP contribution is -2.47. The molecule has 4 aromatic rings. The maximum absolute atomic E-state index is 13.3. The second kappa shape index (κ2) is 12.7. The summed E-state index contributed by atoms with van der Waals surface area (Å²) in [6, 6.07) is 31.4. The zero-order valence-electron chi connectivity index (χ0n) is 21.4. The molecule has 9 heteroatoms. The number of rotatable bonds is 11. The first-order valence-electron chi connectivity index (χ1n) is 12.7. The number of carbonyl (C=O) groups is 3. The molecule has 0 saturated heterocycles. The van der Waals surface area contributed by atoms with Gasteiger partial charge in [-0.05, 0) is 41.7 Å². The van der Waals surface area contributed by atoms with Gasteiger partial charge in [0.05, 0.1) is 9.75 Å². The quantitative estimate of drug-likeness (QED) is 0.124. The van der Waals surface area contributed by atoms with Crippen molar-refractivity contribution in [2.45, 2.75) is 31.0 Å². The number of unbranched alkanes of at least 4 members (excludes halogenated alkanes) is 1. The lowest BCUT2D eigenvalue weighted by molar-refractivity contribution is -0.122. The predicted octanol–water partition coefficient (Wildman–Crippen LogP) is 6.50. The summed E-state index contributed by atoms with van der Waals surface area (Å²) in [6.45, 7) is 0.230. The lowest BCUT2D eigenvalue weighted by atomic mass is 9.77. The highest BCUT2D eigenvalue weighted by Gasteiger charge is 2.40. The van der Waals surface area contributed by atoms with Gasteiger partial charge in [-0.2, -0.15) is 13.2 Å². The molecule has 0 aliphatic carbocycles. The van der Waals surface area contributed by atoms with Crippen molar-refractivity contribution in [3.63, 3.8) is 0 Å². The summed E-state index contributed by atoms with van der Waals surface area (Å²) in [5.41, 5.74) is 1.81. The van der Waals surface area contributed by atoms with Crippen molar-refractivity contribution >= 4 is 28.9 Å². The van der Waals surface area contributed by atoms with Crippen LogP contribution in [-0.4, -0.2) is 30.3 Å². The molecule has 0 atom stereocenters. The van der Waals surface area contributed by atoms with Gasteiger partial charge >= 0.3 is 6.18 Å². The fourth-order valence-electron chi connectivity index (χ4n) is 4.47. The van der Waals surface area contributed by atoms with Crippen LogP contribution in [0.15, 0.2) is 103 Å². The molecule has 1 aromatic heterocycles. The number of carbonyl (C=O) groups excluding carboxylic acids is 3. The van der Waals surface area contributed by atoms with E-state index >= 15 is 0 Å². The molecule has 0 radical (unpaired) electrons. The molecule has 0 aliphatic heterocycles. The van der Waals surface area contributed by atoms with E-state index in [2.05, 4.69) is 10.6 Å². The number of Topliss-reactive ketones (excluding diaryl/α,β-unsaturated/α-hetero) is 1. The number of benzene rings is 3. The van der Waals surface area contributed by atoms with Crippen molar-refractivity contribution in [3.05, 3.63) is 130 Å². The molecule has 40 heavy (non-hydrogen) atoms. The summed E-state index contributed by atoms with van der Waals surface area (Å²) >= 11 is 0.499. The first-order chi connectivity index (χ1) is 19.2. The number of amides is 2. The van der Waals surface area contributed by atoms with Gasteiger partial charge in [-0.1, -0.05) is 91.0 Å². The maximum Gasteiger partial charge on any atom is 0.455 e. The van der Waals surface area contributed by atoms with Crippen LogP contribution in [0.4, 0.5) is 13.2 Å². The Kier molecular flexibility index (Phi) is 9.16. The molecule has 0 spiro atoms. The minimum Gasteiger partial charge on any atom is -0.351 e. The van der Waals surface area contributed by atoms with Gasteiger partial charge in [-0.15, -0.1) is 11.3 Å². The Morgan fingerprint density at radius 3 is 1.60 bits per heavy atom. The number of halogens is 3. The normalized spacial score (nSPS) is 11.6. The van der Waals surface area contributed by atoms with Gasteiger partial charge in [0, 0.05) is 13.0 Å². The Bertz CT molecular complexity index is 1340. The smallest absolute Gasteiger partial charge is 0.351 e. The van der Waals surface area contributed by atoms with E-state index in [-0.39, 0.29) is 23.7 Å². The van der Waals surface area contributed by atoms with E-state index in [1.807, 2.05) is 91.0 Å². The van der Waals surface area contributed by atoms with Crippen molar-refractivity contribution in [3.8, 4) is 0 Å². The zero-order valence-corrected chi connectivity index (χ0v) is 22.2. The van der Waals surface area contributed by atoms with Gasteiger partial charge in [0.1, 0.15) is 5.54 Å². The van der Waals surface area contributed by atoms with Gasteiger partial charge in [0.15, 0.2) is 0 Å². The molecular formula is C31H27F3N2O3S. The number of nitrogens with one attached hydrogen (secondary N) is 2. The van der Waals surface area contributed by atoms with Gasteiger partial charge in [0.25, 0.3) is 11.7 Å². The van der Waals surface area contributed by atoms with E-state index in [4.69, 9.17) is 0 Å². The van der Waals surface area contributed by atoms with Crippen molar-refractivity contribution in [1.29, 1.82) is 0 Å². The van der Waals surface area contributed by atoms with Crippen molar-refractivity contribution in [2.75, 3.05) is 6.54 Å². The van der Waals surface area contributed by atoms with Crippen molar-refractivity contribution in [1.82, 2.24) is 10.6 Å². The van der Waals surface area contributed by atoms with E-state index < -0.39 is 28.3 Å². The first-order valence-corrected chi connectivity index (χ1v) is 13.5. The zero-order chi connectivity index (χ0) is 28.6. The molecule has 2 N–H and O–H groups in total. The third-order valence-electron chi connectivity index (χ3n) is 6.37. The van der Waals surface area contributed by atoms with E-state index in [1.54, 1.807) is 0 Å². The predicted molar refractivity (Wildman–Crippen MR) is 148 cm³/mol. The number of hydrogen-bond donors (Lipinski definition) is 2. The Labute approximate surface area is 234 Å². The molecule has 5 nitrogen and oxygen atoms in total. The molecule has 0 aliphatic rings. The standard InChI is InChI=1S/C31H27F3N2O3S/c32-31(33,34)28(38)25-19-20-26(40-25)29(39)35-21-11-10-18-27(37)36-30(22-12-4-1-5-13-22,23-14-6-2-7-15-23)24-16-8-3-9-17-24/h1-9,12-17,19-20H,10-11,18,21H2,(H,35,39)(H,36,37). The summed E-state index contributed by atoms with van der Waals surface area (Å²) < 4.78 is 37.8. The van der Waals surface area contributed by atoms with E-state index in [0.717, 1.165) is 22.8 Å². The van der Waals surface area contributed by atoms with E-state index in [0.29, 0.717) is 24.2 Å². The molecular weight excluding hydrogens is 537 g/mol. The maximum atomic E-state index is 13.3. The fourth-order valence-corrected chi connectivity index (χ4v) is 5.36. The van der Waals surface area contributed by atoms with Crippen LogP contribution in [0.2, 0.25) is 0 Å². The summed E-state index contributed by atoms with van der Waals surface area (Å²) in [7, 11) is 0. The number of ketones is 1. The van der Waals surface area contributed by atoms with Gasteiger partial charge in [-0.25, -0.2) is 0 Å². The van der Waals surface area contributed by atoms with Crippen LogP contribution in [0.3, 0.4) is 0 Å². The average Bonchev–Trinajstić information content (AvgIpc) is 3.46. The Morgan fingerprint density at radius 2 is 1.12 bits per heavy atom. The van der Waals surface area contributed by atoms with Gasteiger partial charge in [-0.3, -0.25) is 14.4 Å². The number of hydrogen-bond acceptors (Lipinski definition) is 4. The van der Waals surface area contributed by atoms with Gasteiger partial charge < -0.3 is 10.6 Å². The largest absolute Gasteiger partial charge is 0.455 e. The molecule has 0 saturated carbocycles. The summed E-state index contributed by atoms with van der Waals surface area (Å²) in [5.74, 6) is -2.71. The Morgan fingerprint density at radius 1 is 0.650 bits per heavy atom. The van der Waals surface area contributed by atoms with Gasteiger partial charge in [0.2, 0.25) is 5.91 Å². The number of alkyl halides is 3. The molecule has 206 valence electrons. The summed E-state index contributed by atoms with van der Waals surface area (Å²) in [5, 5.41) is 5.92. The molecule has 0 bridgehead atoms. The topological polar surface area (TPSA) is 75.3 Å². The van der Waals surface area contributed by atoms with Crippen LogP contribution in [0.25, 0.3) is 0 Å². The minimum atomic E-state index is -4.99. The van der Waals surface area contributed by atoms with E-state index in [9.17, 15) is 27.6 Å². The molecule has 4 rings (SSSR count). The monoisotopic (exact) mass is 564 g/mol. The third-order valence-corrected chi connectivity index (χ3v) is 7.46. The highest BCUT2D eigenvalue weighted by Crippen LogP contribution is 2.37. The minimum absolute atomic E-state index is 0.0173. The summed E-state index contributed by atoms with van der Waals surface area (Å²) in [4.78, 5) is 36.5. The van der Waals surface area contributed by atoms with Crippen LogP contribution < -0.4 is 10.6 Å². The molecule has 3 aromatic carbocycles. The highest BCUT2D eigenvalue weighted by atomic mass is 32.1. The fraction of sp³-hybridized carbons (Fsp3) is 0.194. The van der Waals surface area contributed by atoms with Crippen LogP contribution in [0.1, 0.15) is 55.3 Å². The van der Waals surface area contributed by atoms with E-state index in [1.165, 1.54) is 6.07 Å². The highest BCUT2D eigenvalue weighted by molar-refractivity contribution is 7.16. The van der Waals surface area contributed by atoms with Crippen molar-refractivity contribution in [2.24, 2.45) is 0 Å². The van der Waals surface area contributed by atoms with Crippen molar-refractivity contribution < 1.29 is 27.6 Å². The second-order valence-corrected chi connectivity index (χ2v) is 10.2. The molecule has 1 heterocycles. The van der Waals surface area contributed by atoms with Crippen LogP contribution >= 0.6 is 11.3 Å². The third kappa shape index (κ3) is 6.66. The van der Waals surface area contributed by atoms with Crippen LogP contribution in [0.5, 0.6) is 0 Å². The molecule has 0 unspecified atom stereocenters. The SMILES string of the molecule is O=C(CCCCNC(=O)c1ccc(C(=O)C(F)(F)F)s1)NC(c1ccccc1)(c1ccccc1)c1ccccc1.